The molecule has 0 saturated carbocycles. The smallest absolute Gasteiger partial charge is 0.288 e. The average Bonchev–Trinajstić information content (AvgIpc) is 2.90. The summed E-state index contributed by atoms with van der Waals surface area (Å²) in [5.74, 6) is -0.905. The zero-order valence-electron chi connectivity index (χ0n) is 12.6. The van der Waals surface area contributed by atoms with Gasteiger partial charge in [0.1, 0.15) is 11.6 Å². The van der Waals surface area contributed by atoms with E-state index < -0.39 is 17.9 Å². The van der Waals surface area contributed by atoms with Crippen LogP contribution in [0.25, 0.3) is 11.0 Å². The monoisotopic (exact) mass is 308 g/mol. The number of hydrogen-bond acceptors (Lipinski definition) is 3. The molecule has 0 bridgehead atoms. The van der Waals surface area contributed by atoms with E-state index in [-0.39, 0.29) is 5.76 Å². The summed E-state index contributed by atoms with van der Waals surface area (Å²) in [6.45, 7) is 1.81. The van der Waals surface area contributed by atoms with Crippen LogP contribution < -0.4 is 11.1 Å². The second kappa shape index (κ2) is 5.96. The minimum Gasteiger partial charge on any atom is -0.451 e. The Morgan fingerprint density at radius 2 is 1.70 bits per heavy atom. The summed E-state index contributed by atoms with van der Waals surface area (Å²) < 4.78 is 5.61. The van der Waals surface area contributed by atoms with Crippen molar-refractivity contribution in [1.82, 2.24) is 5.32 Å². The highest BCUT2D eigenvalue weighted by atomic mass is 16.3. The van der Waals surface area contributed by atoms with Gasteiger partial charge in [-0.25, -0.2) is 0 Å². The van der Waals surface area contributed by atoms with Crippen LogP contribution in [0.1, 0.15) is 27.7 Å². The third-order valence-electron chi connectivity index (χ3n) is 3.74. The van der Waals surface area contributed by atoms with Crippen LogP contribution in [0, 0.1) is 6.92 Å². The van der Waals surface area contributed by atoms with Crippen LogP contribution in [0.3, 0.4) is 0 Å². The maximum absolute atomic E-state index is 12.5. The summed E-state index contributed by atoms with van der Waals surface area (Å²) in [6, 6.07) is 15.3. The fraction of sp³-hybridized carbons (Fsp3) is 0.111. The molecule has 3 N–H and O–H groups in total. The molecular weight excluding hydrogens is 292 g/mol. The van der Waals surface area contributed by atoms with Crippen LogP contribution in [0.2, 0.25) is 0 Å². The maximum Gasteiger partial charge on any atom is 0.288 e. The molecule has 0 aliphatic carbocycles. The zero-order chi connectivity index (χ0) is 16.4. The van der Waals surface area contributed by atoms with Crippen LogP contribution in [-0.4, -0.2) is 11.8 Å². The van der Waals surface area contributed by atoms with Crippen LogP contribution in [-0.2, 0) is 4.79 Å². The van der Waals surface area contributed by atoms with Gasteiger partial charge in [-0.2, -0.15) is 0 Å². The lowest BCUT2D eigenvalue weighted by molar-refractivity contribution is -0.120. The lowest BCUT2D eigenvalue weighted by Crippen LogP contribution is -2.37. The van der Waals surface area contributed by atoms with Crippen LogP contribution in [0.15, 0.2) is 59.0 Å². The van der Waals surface area contributed by atoms with E-state index in [1.807, 2.05) is 31.2 Å². The van der Waals surface area contributed by atoms with E-state index in [1.165, 1.54) is 0 Å². The lowest BCUT2D eigenvalue weighted by Gasteiger charge is -2.15. The number of carbonyl (C=O) groups excluding carboxylic acids is 2. The minimum absolute atomic E-state index is 0.188. The standard InChI is InChI=1S/C18H16N2O3/c1-11-13-9-5-6-10-14(13)23-16(11)18(22)20-15(17(19)21)12-7-3-2-4-8-12/h2-10,15H,1H3,(H2,19,21)(H,20,22)/t15-/m0/s1. The van der Waals surface area contributed by atoms with Gasteiger partial charge in [-0.3, -0.25) is 9.59 Å². The molecular formula is C18H16N2O3. The maximum atomic E-state index is 12.5. The Morgan fingerprint density at radius 1 is 1.04 bits per heavy atom. The number of primary amides is 1. The van der Waals surface area contributed by atoms with E-state index in [0.717, 1.165) is 10.9 Å². The molecule has 1 atom stereocenters. The molecule has 1 heterocycles. The molecule has 0 saturated heterocycles. The fourth-order valence-corrected chi connectivity index (χ4v) is 2.55. The highest BCUT2D eigenvalue weighted by Gasteiger charge is 2.24. The van der Waals surface area contributed by atoms with Gasteiger partial charge in [-0.1, -0.05) is 48.5 Å². The summed E-state index contributed by atoms with van der Waals surface area (Å²) >= 11 is 0. The molecule has 0 aliphatic rings. The molecule has 2 aromatic carbocycles. The van der Waals surface area contributed by atoms with Gasteiger partial charge in [0, 0.05) is 10.9 Å². The van der Waals surface area contributed by atoms with Gasteiger partial charge in [0.25, 0.3) is 5.91 Å². The van der Waals surface area contributed by atoms with E-state index in [1.54, 1.807) is 30.3 Å². The Labute approximate surface area is 133 Å². The van der Waals surface area contributed by atoms with Crippen molar-refractivity contribution in [3.8, 4) is 0 Å². The number of amides is 2. The van der Waals surface area contributed by atoms with Crippen LogP contribution in [0.4, 0.5) is 0 Å². The molecule has 23 heavy (non-hydrogen) atoms. The average molecular weight is 308 g/mol. The van der Waals surface area contributed by atoms with Crippen molar-refractivity contribution in [2.75, 3.05) is 0 Å². The van der Waals surface area contributed by atoms with Crippen molar-refractivity contribution in [3.05, 3.63) is 71.5 Å². The molecule has 3 rings (SSSR count). The molecule has 116 valence electrons. The first-order valence-electron chi connectivity index (χ1n) is 7.21. The number of hydrogen-bond donors (Lipinski definition) is 2. The predicted octanol–water partition coefficient (Wildman–Crippen LogP) is 2.70. The first-order chi connectivity index (χ1) is 11.1. The van der Waals surface area contributed by atoms with Crippen LogP contribution in [0.5, 0.6) is 0 Å². The summed E-state index contributed by atoms with van der Waals surface area (Å²) in [5.41, 5.74) is 7.41. The number of benzene rings is 2. The first kappa shape index (κ1) is 14.8. The predicted molar refractivity (Wildman–Crippen MR) is 86.8 cm³/mol. The number of para-hydroxylation sites is 1. The summed E-state index contributed by atoms with van der Waals surface area (Å²) in [5, 5.41) is 3.51. The van der Waals surface area contributed by atoms with Gasteiger partial charge >= 0.3 is 0 Å². The van der Waals surface area contributed by atoms with Gasteiger partial charge in [0.2, 0.25) is 5.91 Å². The quantitative estimate of drug-likeness (QED) is 0.777. The minimum atomic E-state index is -0.906. The van der Waals surface area contributed by atoms with Crippen molar-refractivity contribution >= 4 is 22.8 Å². The second-order valence-electron chi connectivity index (χ2n) is 5.27. The lowest BCUT2D eigenvalue weighted by atomic mass is 10.1. The third kappa shape index (κ3) is 2.81. The molecule has 0 aliphatic heterocycles. The SMILES string of the molecule is Cc1c(C(=O)N[C@H](C(N)=O)c2ccccc2)oc2ccccc12. The number of fused-ring (bicyclic) bond motifs is 1. The Bertz CT molecular complexity index is 868. The number of furan rings is 1. The van der Waals surface area contributed by atoms with E-state index in [0.29, 0.717) is 11.1 Å². The number of aryl methyl sites for hydroxylation is 1. The molecule has 0 unspecified atom stereocenters. The van der Waals surface area contributed by atoms with Gasteiger partial charge in [0.15, 0.2) is 5.76 Å². The first-order valence-corrected chi connectivity index (χ1v) is 7.21. The van der Waals surface area contributed by atoms with Crippen molar-refractivity contribution in [1.29, 1.82) is 0 Å². The number of nitrogens with one attached hydrogen (secondary N) is 1. The Hall–Kier alpha value is -3.08. The van der Waals surface area contributed by atoms with Crippen molar-refractivity contribution in [3.63, 3.8) is 0 Å². The van der Waals surface area contributed by atoms with E-state index in [9.17, 15) is 9.59 Å². The zero-order valence-corrected chi connectivity index (χ0v) is 12.6. The van der Waals surface area contributed by atoms with Crippen molar-refractivity contribution < 1.29 is 14.0 Å². The molecule has 1 aromatic heterocycles. The van der Waals surface area contributed by atoms with E-state index in [2.05, 4.69) is 5.32 Å². The van der Waals surface area contributed by atoms with Gasteiger partial charge in [-0.05, 0) is 18.6 Å². The Kier molecular flexibility index (Phi) is 3.85. The van der Waals surface area contributed by atoms with Gasteiger partial charge in [-0.15, -0.1) is 0 Å². The molecule has 0 fully saturated rings. The van der Waals surface area contributed by atoms with Crippen molar-refractivity contribution in [2.24, 2.45) is 5.73 Å². The number of nitrogens with two attached hydrogens (primary N) is 1. The van der Waals surface area contributed by atoms with E-state index >= 15 is 0 Å². The highest BCUT2D eigenvalue weighted by Crippen LogP contribution is 2.25. The van der Waals surface area contributed by atoms with Crippen molar-refractivity contribution in [2.45, 2.75) is 13.0 Å². The molecule has 5 heteroatoms. The third-order valence-corrected chi connectivity index (χ3v) is 3.74. The molecule has 5 nitrogen and oxygen atoms in total. The summed E-state index contributed by atoms with van der Waals surface area (Å²) in [4.78, 5) is 24.2. The number of carbonyl (C=O) groups is 2. The van der Waals surface area contributed by atoms with E-state index in [4.69, 9.17) is 10.2 Å². The number of rotatable bonds is 4. The Morgan fingerprint density at radius 3 is 2.35 bits per heavy atom. The second-order valence-corrected chi connectivity index (χ2v) is 5.27. The largest absolute Gasteiger partial charge is 0.451 e. The topological polar surface area (TPSA) is 85.3 Å². The van der Waals surface area contributed by atoms with Crippen LogP contribution >= 0.6 is 0 Å². The molecule has 0 spiro atoms. The highest BCUT2D eigenvalue weighted by molar-refractivity contribution is 6.00. The Balaban J connectivity index is 1.92. The molecule has 0 radical (unpaired) electrons. The van der Waals surface area contributed by atoms with Gasteiger partial charge in [0.05, 0.1) is 0 Å². The molecule has 3 aromatic rings. The van der Waals surface area contributed by atoms with Gasteiger partial charge < -0.3 is 15.5 Å². The normalized spacial score (nSPS) is 12.0. The molecule has 2 amide bonds. The fourth-order valence-electron chi connectivity index (χ4n) is 2.55. The summed E-state index contributed by atoms with van der Waals surface area (Å²) in [6.07, 6.45) is 0. The summed E-state index contributed by atoms with van der Waals surface area (Å²) in [7, 11) is 0.